The second-order valence-corrected chi connectivity index (χ2v) is 10.9. The molecule has 86 valence electrons. The van der Waals surface area contributed by atoms with E-state index in [1.807, 2.05) is 42.7 Å². The van der Waals surface area contributed by atoms with Crippen LogP contribution < -0.4 is 0 Å². The number of carbonyl (C=O) groups excluding carboxylic acids is 1. The van der Waals surface area contributed by atoms with Crippen LogP contribution in [0.25, 0.3) is 0 Å². The van der Waals surface area contributed by atoms with E-state index in [9.17, 15) is 4.79 Å². The predicted octanol–water partition coefficient (Wildman–Crippen LogP) is 3.99. The van der Waals surface area contributed by atoms with Gasteiger partial charge < -0.3 is 0 Å². The van der Waals surface area contributed by atoms with E-state index in [0.717, 1.165) is 5.56 Å². The zero-order valence-corrected chi connectivity index (χ0v) is 12.1. The maximum absolute atomic E-state index is 12.0. The minimum absolute atomic E-state index is 0.118. The van der Waals surface area contributed by atoms with Crippen molar-refractivity contribution in [2.75, 3.05) is 6.26 Å². The van der Waals surface area contributed by atoms with E-state index < -0.39 is 8.07 Å². The summed E-state index contributed by atoms with van der Waals surface area (Å²) in [5, 5.41) is 0. The standard InChI is InChI=1S/C13H18OSSi/c1-15-13(16(2,3)4)10-12(14)11-8-6-5-7-9-11/h5-10H,1-4H3/b13-10+. The summed E-state index contributed by atoms with van der Waals surface area (Å²) in [6, 6.07) is 9.44. The van der Waals surface area contributed by atoms with E-state index in [4.69, 9.17) is 0 Å². The monoisotopic (exact) mass is 250 g/mol. The van der Waals surface area contributed by atoms with E-state index in [1.54, 1.807) is 11.8 Å². The number of thioether (sulfide) groups is 1. The molecule has 0 radical (unpaired) electrons. The van der Waals surface area contributed by atoms with Crippen LogP contribution in [0.15, 0.2) is 40.9 Å². The van der Waals surface area contributed by atoms with Crippen molar-refractivity contribution in [3.8, 4) is 0 Å². The van der Waals surface area contributed by atoms with Crippen molar-refractivity contribution >= 4 is 25.6 Å². The van der Waals surface area contributed by atoms with E-state index in [1.165, 1.54) is 4.53 Å². The normalized spacial score (nSPS) is 12.6. The summed E-state index contributed by atoms with van der Waals surface area (Å²) in [7, 11) is -1.38. The summed E-state index contributed by atoms with van der Waals surface area (Å²) >= 11 is 1.70. The van der Waals surface area contributed by atoms with E-state index >= 15 is 0 Å². The van der Waals surface area contributed by atoms with Crippen LogP contribution in [0, 0.1) is 0 Å². The molecule has 1 aromatic rings. The largest absolute Gasteiger partial charge is 0.289 e. The van der Waals surface area contributed by atoms with Gasteiger partial charge in [-0.2, -0.15) is 0 Å². The first-order valence-electron chi connectivity index (χ1n) is 5.30. The molecule has 0 N–H and O–H groups in total. The molecule has 16 heavy (non-hydrogen) atoms. The molecule has 0 heterocycles. The molecule has 0 spiro atoms. The van der Waals surface area contributed by atoms with Crippen LogP contribution in [0.4, 0.5) is 0 Å². The predicted molar refractivity (Wildman–Crippen MR) is 75.7 cm³/mol. The number of hydrogen-bond acceptors (Lipinski definition) is 2. The van der Waals surface area contributed by atoms with Crippen molar-refractivity contribution in [2.24, 2.45) is 0 Å². The molecule has 0 aliphatic rings. The summed E-state index contributed by atoms with van der Waals surface area (Å²) in [5.41, 5.74) is 0.771. The third-order valence-corrected chi connectivity index (χ3v) is 6.91. The van der Waals surface area contributed by atoms with Gasteiger partial charge >= 0.3 is 0 Å². The second kappa shape index (κ2) is 5.50. The van der Waals surface area contributed by atoms with Crippen molar-refractivity contribution in [2.45, 2.75) is 19.6 Å². The van der Waals surface area contributed by atoms with Gasteiger partial charge in [0.15, 0.2) is 5.78 Å². The fraction of sp³-hybridized carbons (Fsp3) is 0.308. The second-order valence-electron chi connectivity index (χ2n) is 4.69. The van der Waals surface area contributed by atoms with Gasteiger partial charge in [0, 0.05) is 5.56 Å². The summed E-state index contributed by atoms with van der Waals surface area (Å²) in [5.74, 6) is 0.118. The van der Waals surface area contributed by atoms with Gasteiger partial charge in [-0.3, -0.25) is 4.79 Å². The van der Waals surface area contributed by atoms with Crippen molar-refractivity contribution in [3.05, 3.63) is 46.5 Å². The highest BCUT2D eigenvalue weighted by Gasteiger charge is 2.20. The molecule has 0 bridgehead atoms. The molecule has 0 saturated heterocycles. The average Bonchev–Trinajstić information content (AvgIpc) is 2.25. The fourth-order valence-corrected chi connectivity index (χ4v) is 4.62. The van der Waals surface area contributed by atoms with Crippen LogP contribution >= 0.6 is 11.8 Å². The lowest BCUT2D eigenvalue weighted by Crippen LogP contribution is -2.22. The molecule has 0 aliphatic heterocycles. The molecule has 0 atom stereocenters. The Morgan fingerprint density at radius 3 is 2.19 bits per heavy atom. The van der Waals surface area contributed by atoms with Crippen LogP contribution in [0.5, 0.6) is 0 Å². The van der Waals surface area contributed by atoms with Crippen molar-refractivity contribution in [3.63, 3.8) is 0 Å². The quantitative estimate of drug-likeness (QED) is 0.456. The molecule has 0 saturated carbocycles. The number of hydrogen-bond donors (Lipinski definition) is 0. The first-order valence-corrected chi connectivity index (χ1v) is 10.0. The van der Waals surface area contributed by atoms with E-state index in [-0.39, 0.29) is 5.78 Å². The lowest BCUT2D eigenvalue weighted by Gasteiger charge is -2.18. The Bertz CT molecular complexity index is 390. The Morgan fingerprint density at radius 1 is 1.19 bits per heavy atom. The number of carbonyl (C=O) groups is 1. The van der Waals surface area contributed by atoms with Crippen LogP contribution in [-0.2, 0) is 0 Å². The lowest BCUT2D eigenvalue weighted by atomic mass is 10.1. The zero-order chi connectivity index (χ0) is 12.2. The Labute approximate surface area is 103 Å². The van der Waals surface area contributed by atoms with Gasteiger partial charge in [0.25, 0.3) is 0 Å². The van der Waals surface area contributed by atoms with Gasteiger partial charge in [-0.25, -0.2) is 0 Å². The topological polar surface area (TPSA) is 17.1 Å². The third-order valence-electron chi connectivity index (χ3n) is 2.28. The summed E-state index contributed by atoms with van der Waals surface area (Å²) < 4.78 is 1.25. The lowest BCUT2D eigenvalue weighted by molar-refractivity contribution is 0.104. The van der Waals surface area contributed by atoms with Gasteiger partial charge in [-0.15, -0.1) is 11.8 Å². The molecule has 0 fully saturated rings. The molecule has 0 aliphatic carbocycles. The highest BCUT2D eigenvalue weighted by atomic mass is 32.2. The summed E-state index contributed by atoms with van der Waals surface area (Å²) in [4.78, 5) is 12.0. The molecule has 1 nitrogen and oxygen atoms in total. The van der Waals surface area contributed by atoms with Crippen LogP contribution in [0.3, 0.4) is 0 Å². The Hall–Kier alpha value is -0.803. The van der Waals surface area contributed by atoms with Crippen LogP contribution in [0.2, 0.25) is 19.6 Å². The fourth-order valence-electron chi connectivity index (χ4n) is 1.39. The molecular formula is C13H18OSSi. The summed E-state index contributed by atoms with van der Waals surface area (Å²) in [6.45, 7) is 6.77. The molecule has 1 aromatic carbocycles. The Balaban J connectivity index is 2.96. The molecular weight excluding hydrogens is 232 g/mol. The summed E-state index contributed by atoms with van der Waals surface area (Å²) in [6.07, 6.45) is 3.86. The van der Waals surface area contributed by atoms with Gasteiger partial charge in [0.2, 0.25) is 0 Å². The van der Waals surface area contributed by atoms with Crippen molar-refractivity contribution < 1.29 is 4.79 Å². The third kappa shape index (κ3) is 3.65. The minimum atomic E-state index is -1.38. The minimum Gasteiger partial charge on any atom is -0.289 e. The first kappa shape index (κ1) is 13.3. The Morgan fingerprint density at radius 2 is 1.75 bits per heavy atom. The van der Waals surface area contributed by atoms with Gasteiger partial charge in [0.1, 0.15) is 0 Å². The molecule has 3 heteroatoms. The van der Waals surface area contributed by atoms with Crippen LogP contribution in [0.1, 0.15) is 10.4 Å². The van der Waals surface area contributed by atoms with Crippen LogP contribution in [-0.4, -0.2) is 20.1 Å². The molecule has 0 unspecified atom stereocenters. The smallest absolute Gasteiger partial charge is 0.186 e. The highest BCUT2D eigenvalue weighted by Crippen LogP contribution is 2.24. The number of ketones is 1. The molecule has 1 rings (SSSR count). The average molecular weight is 250 g/mol. The molecule has 0 amide bonds. The van der Waals surface area contributed by atoms with Crippen molar-refractivity contribution in [1.82, 2.24) is 0 Å². The Kier molecular flexibility index (Phi) is 4.56. The number of benzene rings is 1. The maximum atomic E-state index is 12.0. The number of allylic oxidation sites excluding steroid dienone is 1. The van der Waals surface area contributed by atoms with Gasteiger partial charge in [-0.1, -0.05) is 50.0 Å². The maximum Gasteiger partial charge on any atom is 0.186 e. The highest BCUT2D eigenvalue weighted by molar-refractivity contribution is 8.04. The van der Waals surface area contributed by atoms with E-state index in [0.29, 0.717) is 0 Å². The van der Waals surface area contributed by atoms with Crippen molar-refractivity contribution in [1.29, 1.82) is 0 Å². The van der Waals surface area contributed by atoms with Gasteiger partial charge in [0.05, 0.1) is 8.07 Å². The van der Waals surface area contributed by atoms with E-state index in [2.05, 4.69) is 19.6 Å². The van der Waals surface area contributed by atoms with Gasteiger partial charge in [-0.05, 0) is 16.9 Å². The SMILES string of the molecule is CS/C(=C\C(=O)c1ccccc1)[Si](C)(C)C. The number of rotatable bonds is 4. The molecule has 0 aromatic heterocycles. The first-order chi connectivity index (χ1) is 7.45. The zero-order valence-electron chi connectivity index (χ0n) is 10.3.